The highest BCUT2D eigenvalue weighted by molar-refractivity contribution is 5.91. The summed E-state index contributed by atoms with van der Waals surface area (Å²) in [6.07, 6.45) is -0.0158. The third kappa shape index (κ3) is 3.53. The number of anilines is 1. The maximum absolute atomic E-state index is 13.9. The summed E-state index contributed by atoms with van der Waals surface area (Å²) in [6, 6.07) is 4.53. The van der Waals surface area contributed by atoms with Crippen molar-refractivity contribution in [2.45, 2.75) is 45.8 Å². The van der Waals surface area contributed by atoms with Gasteiger partial charge in [0.25, 0.3) is 0 Å². The van der Waals surface area contributed by atoms with Crippen molar-refractivity contribution in [1.29, 1.82) is 0 Å². The van der Waals surface area contributed by atoms with Crippen LogP contribution in [-0.4, -0.2) is 30.9 Å². The minimum absolute atomic E-state index is 0.230. The standard InChI is InChI=1S/C16H22FNO3/c1-5-20-10-11-9-12-13(17)7-6-8-14(12)18(11)15(19)21-16(2,3)4/h6-8,11H,5,9-10H2,1-4H3/t11-/m0/s1. The highest BCUT2D eigenvalue weighted by Gasteiger charge is 2.37. The van der Waals surface area contributed by atoms with E-state index in [-0.39, 0.29) is 11.9 Å². The van der Waals surface area contributed by atoms with Crippen molar-refractivity contribution in [2.24, 2.45) is 0 Å². The molecule has 5 heteroatoms. The number of amides is 1. The smallest absolute Gasteiger partial charge is 0.415 e. The molecule has 0 saturated heterocycles. The van der Waals surface area contributed by atoms with Crippen LogP contribution in [0, 0.1) is 5.82 Å². The Balaban J connectivity index is 2.29. The molecule has 1 aromatic carbocycles. The van der Waals surface area contributed by atoms with Crippen LogP contribution < -0.4 is 4.90 Å². The van der Waals surface area contributed by atoms with Gasteiger partial charge in [-0.1, -0.05) is 6.07 Å². The highest BCUT2D eigenvalue weighted by Crippen LogP contribution is 2.35. The van der Waals surface area contributed by atoms with Crippen molar-refractivity contribution in [3.8, 4) is 0 Å². The summed E-state index contributed by atoms with van der Waals surface area (Å²) in [5.41, 5.74) is 0.533. The Kier molecular flexibility index (Phi) is 4.52. The molecule has 0 saturated carbocycles. The van der Waals surface area contributed by atoms with Crippen molar-refractivity contribution < 1.29 is 18.7 Å². The van der Waals surface area contributed by atoms with Gasteiger partial charge in [0.1, 0.15) is 11.4 Å². The Labute approximate surface area is 124 Å². The second-order valence-electron chi connectivity index (χ2n) is 6.11. The lowest BCUT2D eigenvalue weighted by atomic mass is 10.1. The predicted molar refractivity (Wildman–Crippen MR) is 79.1 cm³/mol. The summed E-state index contributed by atoms with van der Waals surface area (Å²) in [5.74, 6) is -0.292. The molecule has 0 fully saturated rings. The van der Waals surface area contributed by atoms with Crippen LogP contribution in [-0.2, 0) is 15.9 Å². The number of halogens is 1. The van der Waals surface area contributed by atoms with E-state index in [4.69, 9.17) is 9.47 Å². The largest absolute Gasteiger partial charge is 0.443 e. The summed E-state index contributed by atoms with van der Waals surface area (Å²) < 4.78 is 24.8. The van der Waals surface area contributed by atoms with Crippen LogP contribution in [0.3, 0.4) is 0 Å². The normalized spacial score (nSPS) is 17.8. The Morgan fingerprint density at radius 2 is 2.14 bits per heavy atom. The first kappa shape index (κ1) is 15.8. The van der Waals surface area contributed by atoms with Gasteiger partial charge in [0, 0.05) is 18.6 Å². The Morgan fingerprint density at radius 1 is 1.43 bits per heavy atom. The van der Waals surface area contributed by atoms with Crippen LogP contribution in [0.25, 0.3) is 0 Å². The topological polar surface area (TPSA) is 38.8 Å². The van der Waals surface area contributed by atoms with Crippen LogP contribution in [0.1, 0.15) is 33.3 Å². The van der Waals surface area contributed by atoms with Gasteiger partial charge in [-0.05, 0) is 39.8 Å². The molecule has 0 unspecified atom stereocenters. The number of hydrogen-bond acceptors (Lipinski definition) is 3. The van der Waals surface area contributed by atoms with Gasteiger partial charge in [0.15, 0.2) is 0 Å². The first-order valence-corrected chi connectivity index (χ1v) is 7.21. The molecule has 0 N–H and O–H groups in total. The van der Waals surface area contributed by atoms with Crippen molar-refractivity contribution in [3.63, 3.8) is 0 Å². The second-order valence-corrected chi connectivity index (χ2v) is 6.11. The van der Waals surface area contributed by atoms with E-state index in [0.717, 1.165) is 0 Å². The fourth-order valence-corrected chi connectivity index (χ4v) is 2.44. The van der Waals surface area contributed by atoms with Crippen LogP contribution in [0.4, 0.5) is 14.9 Å². The zero-order chi connectivity index (χ0) is 15.6. The molecular weight excluding hydrogens is 273 g/mol. The zero-order valence-electron chi connectivity index (χ0n) is 13.0. The van der Waals surface area contributed by atoms with Crippen LogP contribution >= 0.6 is 0 Å². The van der Waals surface area contributed by atoms with E-state index in [1.54, 1.807) is 12.1 Å². The third-order valence-electron chi connectivity index (χ3n) is 3.26. The average molecular weight is 295 g/mol. The number of fused-ring (bicyclic) bond motifs is 1. The van der Waals surface area contributed by atoms with Gasteiger partial charge < -0.3 is 9.47 Å². The number of ether oxygens (including phenoxy) is 2. The minimum Gasteiger partial charge on any atom is -0.443 e. The van der Waals surface area contributed by atoms with Crippen molar-refractivity contribution in [2.75, 3.05) is 18.1 Å². The number of carbonyl (C=O) groups is 1. The fourth-order valence-electron chi connectivity index (χ4n) is 2.44. The van der Waals surface area contributed by atoms with Gasteiger partial charge in [-0.2, -0.15) is 0 Å². The molecule has 1 aliphatic rings. The first-order chi connectivity index (χ1) is 9.83. The summed E-state index contributed by atoms with van der Waals surface area (Å²) in [6.45, 7) is 8.24. The maximum Gasteiger partial charge on any atom is 0.415 e. The number of nitrogens with zero attached hydrogens (tertiary/aromatic N) is 1. The molecule has 0 aliphatic carbocycles. The predicted octanol–water partition coefficient (Wildman–Crippen LogP) is 3.53. The lowest BCUT2D eigenvalue weighted by molar-refractivity contribution is 0.0536. The van der Waals surface area contributed by atoms with Crippen LogP contribution in [0.15, 0.2) is 18.2 Å². The number of carbonyl (C=O) groups excluding carboxylic acids is 1. The summed E-state index contributed by atoms with van der Waals surface area (Å²) in [7, 11) is 0. The molecule has 116 valence electrons. The molecule has 0 spiro atoms. The van der Waals surface area contributed by atoms with E-state index in [2.05, 4.69) is 0 Å². The lowest BCUT2D eigenvalue weighted by Gasteiger charge is -2.29. The van der Waals surface area contributed by atoms with Gasteiger partial charge in [0.2, 0.25) is 0 Å². The molecule has 21 heavy (non-hydrogen) atoms. The number of hydrogen-bond donors (Lipinski definition) is 0. The van der Waals surface area contributed by atoms with Gasteiger partial charge in [-0.3, -0.25) is 4.90 Å². The van der Waals surface area contributed by atoms with Gasteiger partial charge in [-0.25, -0.2) is 9.18 Å². The Bertz CT molecular complexity index is 525. The molecule has 1 atom stereocenters. The van der Waals surface area contributed by atoms with Gasteiger partial charge in [-0.15, -0.1) is 0 Å². The van der Waals surface area contributed by atoms with Crippen molar-refractivity contribution in [3.05, 3.63) is 29.6 Å². The molecule has 4 nitrogen and oxygen atoms in total. The molecule has 1 amide bonds. The molecule has 0 radical (unpaired) electrons. The number of rotatable bonds is 3. The van der Waals surface area contributed by atoms with Crippen LogP contribution in [0.5, 0.6) is 0 Å². The summed E-state index contributed by atoms with van der Waals surface area (Å²) >= 11 is 0. The molecule has 1 aromatic rings. The van der Waals surface area contributed by atoms with E-state index in [1.807, 2.05) is 27.7 Å². The van der Waals surface area contributed by atoms with Crippen molar-refractivity contribution in [1.82, 2.24) is 0 Å². The van der Waals surface area contributed by atoms with E-state index < -0.39 is 11.7 Å². The zero-order valence-corrected chi connectivity index (χ0v) is 13.0. The summed E-state index contributed by atoms with van der Waals surface area (Å²) in [5, 5.41) is 0. The monoisotopic (exact) mass is 295 g/mol. The highest BCUT2D eigenvalue weighted by atomic mass is 19.1. The second kappa shape index (κ2) is 6.02. The quantitative estimate of drug-likeness (QED) is 0.856. The number of benzene rings is 1. The van der Waals surface area contributed by atoms with Gasteiger partial charge in [0.05, 0.1) is 18.3 Å². The molecule has 1 aliphatic heterocycles. The molecule has 0 bridgehead atoms. The van der Waals surface area contributed by atoms with E-state index in [0.29, 0.717) is 30.9 Å². The minimum atomic E-state index is -0.594. The molecule has 1 heterocycles. The average Bonchev–Trinajstić information content (AvgIpc) is 2.74. The van der Waals surface area contributed by atoms with E-state index in [1.165, 1.54) is 11.0 Å². The van der Waals surface area contributed by atoms with E-state index >= 15 is 0 Å². The molecule has 2 rings (SSSR count). The van der Waals surface area contributed by atoms with E-state index in [9.17, 15) is 9.18 Å². The Morgan fingerprint density at radius 3 is 2.76 bits per heavy atom. The molecular formula is C16H22FNO3. The maximum atomic E-state index is 13.9. The first-order valence-electron chi connectivity index (χ1n) is 7.21. The van der Waals surface area contributed by atoms with Gasteiger partial charge >= 0.3 is 6.09 Å². The van der Waals surface area contributed by atoms with Crippen molar-refractivity contribution >= 4 is 11.8 Å². The lowest BCUT2D eigenvalue weighted by Crippen LogP contribution is -2.43. The Hall–Kier alpha value is -1.62. The summed E-state index contributed by atoms with van der Waals surface area (Å²) in [4.78, 5) is 13.9. The fraction of sp³-hybridized carbons (Fsp3) is 0.562. The third-order valence-corrected chi connectivity index (χ3v) is 3.26. The van der Waals surface area contributed by atoms with Crippen LogP contribution in [0.2, 0.25) is 0 Å². The molecule has 0 aromatic heterocycles. The SMILES string of the molecule is CCOC[C@@H]1Cc2c(F)cccc2N1C(=O)OC(C)(C)C.